The molecule has 0 radical (unpaired) electrons. The van der Waals surface area contributed by atoms with E-state index in [2.05, 4.69) is 111 Å². The summed E-state index contributed by atoms with van der Waals surface area (Å²) in [5.74, 6) is -0.397. The van der Waals surface area contributed by atoms with Crippen molar-refractivity contribution in [3.63, 3.8) is 0 Å². The predicted molar refractivity (Wildman–Crippen MR) is 307 cm³/mol. The fourth-order valence-electron chi connectivity index (χ4n) is 8.79. The smallest absolute Gasteiger partial charge is 0.306 e. The summed E-state index contributed by atoms with van der Waals surface area (Å²) < 4.78 is 34.4. The van der Waals surface area contributed by atoms with Gasteiger partial charge in [-0.05, 0) is 96.3 Å². The maximum atomic E-state index is 13.1. The van der Waals surface area contributed by atoms with Crippen molar-refractivity contribution in [3.05, 3.63) is 97.2 Å². The molecule has 2 fully saturated rings. The molecule has 0 aliphatic carbocycles. The largest absolute Gasteiger partial charge is 0.457 e. The van der Waals surface area contributed by atoms with Crippen LogP contribution in [0.2, 0.25) is 0 Å². The Morgan fingerprint density at radius 3 is 1.32 bits per heavy atom. The number of hydrogen-bond donors (Lipinski definition) is 7. The second-order valence-corrected chi connectivity index (χ2v) is 20.4. The van der Waals surface area contributed by atoms with Crippen LogP contribution in [0.15, 0.2) is 97.2 Å². The zero-order chi connectivity index (χ0) is 55.8. The zero-order valence-corrected chi connectivity index (χ0v) is 47.4. The molecule has 0 aromatic rings. The van der Waals surface area contributed by atoms with E-state index >= 15 is 0 Å². The average Bonchev–Trinajstić information content (AvgIpc) is 3.43. The third-order valence-electron chi connectivity index (χ3n) is 13.6. The van der Waals surface area contributed by atoms with Gasteiger partial charge in [0, 0.05) is 13.0 Å². The molecule has 11 atom stereocenters. The monoisotopic (exact) mass is 1090 g/mol. The van der Waals surface area contributed by atoms with Crippen LogP contribution in [-0.2, 0) is 33.2 Å². The molecule has 2 rings (SSSR count). The van der Waals surface area contributed by atoms with E-state index in [-0.39, 0.29) is 19.6 Å². The number of aliphatic hydroxyl groups is 7. The molecule has 0 bridgehead atoms. The van der Waals surface area contributed by atoms with E-state index in [0.717, 1.165) is 122 Å². The number of rotatable bonds is 47. The van der Waals surface area contributed by atoms with Crippen molar-refractivity contribution in [2.75, 3.05) is 33.0 Å². The molecule has 0 spiro atoms. The first-order chi connectivity index (χ1) is 37.6. The molecule has 442 valence electrons. The number of ether oxygens (including phenoxy) is 6. The van der Waals surface area contributed by atoms with E-state index in [9.17, 15) is 40.5 Å². The third kappa shape index (κ3) is 35.3. The van der Waals surface area contributed by atoms with Crippen molar-refractivity contribution in [1.82, 2.24) is 0 Å². The Morgan fingerprint density at radius 2 is 0.844 bits per heavy atom. The van der Waals surface area contributed by atoms with Crippen LogP contribution in [0.25, 0.3) is 0 Å². The average molecular weight is 1090 g/mol. The lowest BCUT2D eigenvalue weighted by Gasteiger charge is -2.42. The normalized spacial score (nSPS) is 25.0. The highest BCUT2D eigenvalue weighted by atomic mass is 16.7. The van der Waals surface area contributed by atoms with Gasteiger partial charge >= 0.3 is 5.97 Å². The summed E-state index contributed by atoms with van der Waals surface area (Å²) in [7, 11) is 0. The highest BCUT2D eigenvalue weighted by Crippen LogP contribution is 2.26. The minimum atomic E-state index is -1.72. The Labute approximate surface area is 464 Å². The molecule has 14 nitrogen and oxygen atoms in total. The molecule has 77 heavy (non-hydrogen) atoms. The summed E-state index contributed by atoms with van der Waals surface area (Å²) in [6.45, 7) is 3.50. The minimum Gasteiger partial charge on any atom is -0.457 e. The molecule has 2 heterocycles. The van der Waals surface area contributed by atoms with Crippen LogP contribution >= 0.6 is 0 Å². The lowest BCUT2D eigenvalue weighted by molar-refractivity contribution is -0.332. The van der Waals surface area contributed by atoms with Gasteiger partial charge in [0.2, 0.25) is 0 Å². The van der Waals surface area contributed by atoms with Crippen LogP contribution in [-0.4, -0.2) is 142 Å². The molecule has 11 unspecified atom stereocenters. The summed E-state index contributed by atoms with van der Waals surface area (Å²) in [6.07, 6.45) is 48.9. The van der Waals surface area contributed by atoms with Crippen molar-refractivity contribution < 1.29 is 69.0 Å². The molecule has 0 aromatic carbocycles. The molecule has 2 aliphatic rings. The second kappa shape index (κ2) is 48.8. The van der Waals surface area contributed by atoms with Crippen molar-refractivity contribution in [2.24, 2.45) is 0 Å². The van der Waals surface area contributed by atoms with Gasteiger partial charge in [-0.1, -0.05) is 188 Å². The number of aliphatic hydroxyl groups excluding tert-OH is 7. The lowest BCUT2D eigenvalue weighted by Crippen LogP contribution is -2.61. The van der Waals surface area contributed by atoms with Crippen LogP contribution in [0.1, 0.15) is 194 Å². The number of hydrogen-bond acceptors (Lipinski definition) is 14. The first kappa shape index (κ1) is 70.0. The zero-order valence-electron chi connectivity index (χ0n) is 47.4. The van der Waals surface area contributed by atoms with Crippen molar-refractivity contribution in [2.45, 2.75) is 261 Å². The van der Waals surface area contributed by atoms with Gasteiger partial charge in [-0.25, -0.2) is 0 Å². The van der Waals surface area contributed by atoms with Crippen molar-refractivity contribution in [3.8, 4) is 0 Å². The molecule has 14 heteroatoms. The SMILES string of the molecule is CC/C=C\C/C=C\C/C=C\C/C=C\C/C=C\CCCCCCCCOCC(COC1OC(COC2OC(CO)C(O)C(O)C2O)C(O)C(O)C1O)OC(=O)CCCCCCCC/C=C\C/C=C\C/C=C\CCCCCCC. The standard InChI is InChI=1S/C63H106O14/c1-3-5-7-9-11-13-15-17-19-21-23-25-27-29-31-33-35-37-39-41-43-45-47-72-49-52(50-73-62-61(71)59(69)57(67)54(77-62)51-74-63-60(70)58(68)56(66)53(48-64)76-63)75-55(65)46-44-42-40-38-36-34-32-30-28-26-24-22-20-18-16-14-12-10-8-6-4-2/h5,7,11,13,16-19,22-25,28-31,52-54,56-64,66-71H,3-4,6,8-10,12,14-15,20-21,26-27,32-51H2,1-2H3/b7-5-,13-11-,18-16-,19-17-,24-22-,25-23-,30-28-,31-29-. The minimum absolute atomic E-state index is 0.0397. The van der Waals surface area contributed by atoms with Crippen LogP contribution in [0.3, 0.4) is 0 Å². The van der Waals surface area contributed by atoms with Gasteiger partial charge in [-0.15, -0.1) is 0 Å². The van der Waals surface area contributed by atoms with Gasteiger partial charge < -0.3 is 64.2 Å². The van der Waals surface area contributed by atoms with Gasteiger partial charge in [0.1, 0.15) is 54.9 Å². The number of allylic oxidation sites excluding steroid dienone is 16. The fourth-order valence-corrected chi connectivity index (χ4v) is 8.79. The maximum Gasteiger partial charge on any atom is 0.306 e. The molecule has 7 N–H and O–H groups in total. The van der Waals surface area contributed by atoms with Gasteiger partial charge in [-0.3, -0.25) is 4.79 Å². The van der Waals surface area contributed by atoms with Gasteiger partial charge in [0.15, 0.2) is 12.6 Å². The first-order valence-electron chi connectivity index (χ1n) is 29.8. The molecule has 2 aliphatic heterocycles. The third-order valence-corrected chi connectivity index (χ3v) is 13.6. The molecule has 2 saturated heterocycles. The van der Waals surface area contributed by atoms with Gasteiger partial charge in [0.05, 0.1) is 26.4 Å². The molecule has 0 saturated carbocycles. The lowest BCUT2D eigenvalue weighted by atomic mass is 9.98. The molecule has 0 amide bonds. The van der Waals surface area contributed by atoms with E-state index in [0.29, 0.717) is 13.0 Å². The number of unbranched alkanes of at least 4 members (excludes halogenated alkanes) is 17. The van der Waals surface area contributed by atoms with E-state index < -0.39 is 86.7 Å². The van der Waals surface area contributed by atoms with E-state index in [1.54, 1.807) is 0 Å². The van der Waals surface area contributed by atoms with Gasteiger partial charge in [0.25, 0.3) is 0 Å². The molecular weight excluding hydrogens is 981 g/mol. The Balaban J connectivity index is 1.73. The predicted octanol–water partition coefficient (Wildman–Crippen LogP) is 11.0. The fraction of sp³-hybridized carbons (Fsp3) is 0.730. The quantitative estimate of drug-likeness (QED) is 0.0172. The Morgan fingerprint density at radius 1 is 0.442 bits per heavy atom. The number of carbonyl (C=O) groups is 1. The molecule has 0 aromatic heterocycles. The molecular formula is C63H106O14. The van der Waals surface area contributed by atoms with Gasteiger partial charge in [-0.2, -0.15) is 0 Å². The van der Waals surface area contributed by atoms with E-state index in [1.807, 2.05) is 0 Å². The van der Waals surface area contributed by atoms with Crippen LogP contribution in [0, 0.1) is 0 Å². The van der Waals surface area contributed by atoms with Crippen LogP contribution < -0.4 is 0 Å². The summed E-state index contributed by atoms with van der Waals surface area (Å²) >= 11 is 0. The highest BCUT2D eigenvalue weighted by Gasteiger charge is 2.47. The summed E-state index contributed by atoms with van der Waals surface area (Å²) in [5, 5.41) is 72.4. The first-order valence-corrected chi connectivity index (χ1v) is 29.8. The summed E-state index contributed by atoms with van der Waals surface area (Å²) in [5.41, 5.74) is 0. The topological polar surface area (TPSA) is 214 Å². The Bertz CT molecular complexity index is 1640. The Kier molecular flexibility index (Phi) is 44.4. The highest BCUT2D eigenvalue weighted by molar-refractivity contribution is 5.69. The summed E-state index contributed by atoms with van der Waals surface area (Å²) in [4.78, 5) is 13.1. The number of esters is 1. The Hall–Kier alpha value is -3.09. The maximum absolute atomic E-state index is 13.1. The number of carbonyl (C=O) groups excluding carboxylic acids is 1. The van der Waals surface area contributed by atoms with Crippen molar-refractivity contribution >= 4 is 5.97 Å². The summed E-state index contributed by atoms with van der Waals surface area (Å²) in [6, 6.07) is 0. The van der Waals surface area contributed by atoms with Crippen LogP contribution in [0.4, 0.5) is 0 Å². The second-order valence-electron chi connectivity index (χ2n) is 20.4. The van der Waals surface area contributed by atoms with E-state index in [4.69, 9.17) is 28.4 Å². The van der Waals surface area contributed by atoms with Crippen molar-refractivity contribution in [1.29, 1.82) is 0 Å². The van der Waals surface area contributed by atoms with Crippen LogP contribution in [0.5, 0.6) is 0 Å². The van der Waals surface area contributed by atoms with E-state index in [1.165, 1.54) is 44.9 Å².